The number of halogens is 1. The maximum Gasteiger partial charge on any atom is 0.0426 e. The summed E-state index contributed by atoms with van der Waals surface area (Å²) in [5, 5.41) is 0. The lowest BCUT2D eigenvalue weighted by atomic mass is 9.90. The normalized spacial score (nSPS) is 12.1. The molecule has 2 aromatic rings. The molecule has 0 heterocycles. The largest absolute Gasteiger partial charge is 0.398 e. The van der Waals surface area contributed by atoms with E-state index in [2.05, 4.69) is 59.8 Å². The predicted octanol–water partition coefficient (Wildman–Crippen LogP) is 4.83. The quantitative estimate of drug-likeness (QED) is 0.808. The molecule has 0 aliphatic rings. The van der Waals surface area contributed by atoms with Crippen molar-refractivity contribution in [2.75, 3.05) is 5.73 Å². The van der Waals surface area contributed by atoms with Crippen molar-refractivity contribution in [2.45, 2.75) is 12.8 Å². The lowest BCUT2D eigenvalue weighted by Gasteiger charge is -2.16. The summed E-state index contributed by atoms with van der Waals surface area (Å²) in [4.78, 5) is 0. The average molecular weight is 302 g/mol. The van der Waals surface area contributed by atoms with Gasteiger partial charge in [0.05, 0.1) is 0 Å². The van der Waals surface area contributed by atoms with Crippen molar-refractivity contribution in [1.82, 2.24) is 0 Å². The fourth-order valence-electron chi connectivity index (χ4n) is 2.09. The minimum atomic E-state index is 0.276. The van der Waals surface area contributed by atoms with Gasteiger partial charge >= 0.3 is 0 Å². The van der Waals surface area contributed by atoms with Crippen molar-refractivity contribution in [3.63, 3.8) is 0 Å². The van der Waals surface area contributed by atoms with E-state index >= 15 is 0 Å². The number of nitrogen functional groups attached to an aromatic ring is 1. The van der Waals surface area contributed by atoms with Gasteiger partial charge in [-0.1, -0.05) is 65.8 Å². The van der Waals surface area contributed by atoms with Crippen LogP contribution in [-0.4, -0.2) is 0 Å². The predicted molar refractivity (Wildman–Crippen MR) is 82.6 cm³/mol. The Morgan fingerprint density at radius 2 is 1.83 bits per heavy atom. The van der Waals surface area contributed by atoms with Crippen LogP contribution in [-0.2, 0) is 0 Å². The number of benzene rings is 2. The molecule has 1 unspecified atom stereocenters. The van der Waals surface area contributed by atoms with Gasteiger partial charge in [-0.3, -0.25) is 0 Å². The minimum absolute atomic E-state index is 0.276. The molecule has 0 bridgehead atoms. The molecule has 18 heavy (non-hydrogen) atoms. The van der Waals surface area contributed by atoms with Crippen molar-refractivity contribution in [2.24, 2.45) is 0 Å². The molecule has 0 amide bonds. The molecule has 0 spiro atoms. The fourth-order valence-corrected chi connectivity index (χ4v) is 2.35. The summed E-state index contributed by atoms with van der Waals surface area (Å²) in [5.41, 5.74) is 10.4. The molecule has 0 aliphatic heterocycles. The summed E-state index contributed by atoms with van der Waals surface area (Å²) < 4.78 is 1.09. The van der Waals surface area contributed by atoms with Crippen molar-refractivity contribution < 1.29 is 0 Å². The first-order chi connectivity index (χ1) is 8.63. The molecule has 2 N–H and O–H groups in total. The first-order valence-electron chi connectivity index (χ1n) is 5.89. The molecular formula is C16H16BrN. The standard InChI is InChI=1S/C16H16BrN/c1-3-12-5-4-6-15(16(12)18)11(2)13-7-9-14(17)10-8-13/h3-11H,1,18H2,2H3. The summed E-state index contributed by atoms with van der Waals surface area (Å²) >= 11 is 3.45. The van der Waals surface area contributed by atoms with Gasteiger partial charge in [0.25, 0.3) is 0 Å². The van der Waals surface area contributed by atoms with Crippen LogP contribution in [0.25, 0.3) is 6.08 Å². The maximum absolute atomic E-state index is 6.18. The van der Waals surface area contributed by atoms with E-state index in [9.17, 15) is 0 Å². The van der Waals surface area contributed by atoms with E-state index in [1.165, 1.54) is 5.56 Å². The van der Waals surface area contributed by atoms with E-state index in [0.29, 0.717) is 0 Å². The van der Waals surface area contributed by atoms with Gasteiger partial charge in [0, 0.05) is 16.1 Å². The van der Waals surface area contributed by atoms with Crippen LogP contribution in [0.1, 0.15) is 29.5 Å². The lowest BCUT2D eigenvalue weighted by molar-refractivity contribution is 0.925. The number of rotatable bonds is 3. The molecule has 0 radical (unpaired) electrons. The molecule has 1 atom stereocenters. The van der Waals surface area contributed by atoms with Crippen molar-refractivity contribution in [1.29, 1.82) is 0 Å². The van der Waals surface area contributed by atoms with Crippen LogP contribution < -0.4 is 5.73 Å². The SMILES string of the molecule is C=Cc1cccc(C(C)c2ccc(Br)cc2)c1N. The molecule has 1 nitrogen and oxygen atoms in total. The molecule has 0 aliphatic carbocycles. The summed E-state index contributed by atoms with van der Waals surface area (Å²) in [6, 6.07) is 14.4. The van der Waals surface area contributed by atoms with Gasteiger partial charge in [-0.15, -0.1) is 0 Å². The fraction of sp³-hybridized carbons (Fsp3) is 0.125. The number of nitrogens with two attached hydrogens (primary N) is 1. The molecule has 92 valence electrons. The third kappa shape index (κ3) is 2.49. The zero-order chi connectivity index (χ0) is 13.1. The van der Waals surface area contributed by atoms with Gasteiger partial charge in [0.15, 0.2) is 0 Å². The number of hydrogen-bond acceptors (Lipinski definition) is 1. The molecular weight excluding hydrogens is 286 g/mol. The highest BCUT2D eigenvalue weighted by Gasteiger charge is 2.12. The van der Waals surface area contributed by atoms with Crippen LogP contribution in [0.4, 0.5) is 5.69 Å². The molecule has 2 rings (SSSR count). The number of hydrogen-bond donors (Lipinski definition) is 1. The molecule has 0 aromatic heterocycles. The molecule has 0 saturated heterocycles. The minimum Gasteiger partial charge on any atom is -0.398 e. The second-order valence-electron chi connectivity index (χ2n) is 4.33. The highest BCUT2D eigenvalue weighted by Crippen LogP contribution is 2.31. The summed E-state index contributed by atoms with van der Waals surface area (Å²) in [7, 11) is 0. The third-order valence-electron chi connectivity index (χ3n) is 3.23. The van der Waals surface area contributed by atoms with Crippen LogP contribution in [0.2, 0.25) is 0 Å². The highest BCUT2D eigenvalue weighted by molar-refractivity contribution is 9.10. The Labute approximate surface area is 116 Å². The molecule has 0 fully saturated rings. The van der Waals surface area contributed by atoms with Gasteiger partial charge < -0.3 is 5.73 Å². The second-order valence-corrected chi connectivity index (χ2v) is 5.24. The smallest absolute Gasteiger partial charge is 0.0426 e. The van der Waals surface area contributed by atoms with Crippen LogP contribution in [0, 0.1) is 0 Å². The van der Waals surface area contributed by atoms with E-state index in [1.807, 2.05) is 12.1 Å². The first kappa shape index (κ1) is 12.9. The topological polar surface area (TPSA) is 26.0 Å². The Balaban J connectivity index is 2.42. The second kappa shape index (κ2) is 5.40. The van der Waals surface area contributed by atoms with Gasteiger partial charge in [-0.25, -0.2) is 0 Å². The zero-order valence-corrected chi connectivity index (χ0v) is 11.9. The van der Waals surface area contributed by atoms with Gasteiger partial charge in [-0.2, -0.15) is 0 Å². The number of para-hydroxylation sites is 1. The van der Waals surface area contributed by atoms with Crippen LogP contribution in [0.5, 0.6) is 0 Å². The highest BCUT2D eigenvalue weighted by atomic mass is 79.9. The zero-order valence-electron chi connectivity index (χ0n) is 10.4. The lowest BCUT2D eigenvalue weighted by Crippen LogP contribution is -2.02. The van der Waals surface area contributed by atoms with Crippen LogP contribution in [0.3, 0.4) is 0 Å². The molecule has 2 aromatic carbocycles. The Bertz CT molecular complexity index is 558. The van der Waals surface area contributed by atoms with E-state index in [0.717, 1.165) is 21.3 Å². The summed E-state index contributed by atoms with van der Waals surface area (Å²) in [6.07, 6.45) is 1.80. The van der Waals surface area contributed by atoms with Crippen molar-refractivity contribution in [3.8, 4) is 0 Å². The summed E-state index contributed by atoms with van der Waals surface area (Å²) in [6.45, 7) is 5.96. The molecule has 0 saturated carbocycles. The number of anilines is 1. The van der Waals surface area contributed by atoms with E-state index < -0.39 is 0 Å². The first-order valence-corrected chi connectivity index (χ1v) is 6.69. The van der Waals surface area contributed by atoms with Crippen LogP contribution >= 0.6 is 15.9 Å². The third-order valence-corrected chi connectivity index (χ3v) is 3.76. The Morgan fingerprint density at radius 1 is 1.17 bits per heavy atom. The Hall–Kier alpha value is -1.54. The summed E-state index contributed by atoms with van der Waals surface area (Å²) in [5.74, 6) is 0.276. The Kier molecular flexibility index (Phi) is 3.87. The van der Waals surface area contributed by atoms with E-state index in [4.69, 9.17) is 5.73 Å². The van der Waals surface area contributed by atoms with Gasteiger partial charge in [-0.05, 0) is 28.8 Å². The molecule has 2 heteroatoms. The van der Waals surface area contributed by atoms with E-state index in [-0.39, 0.29) is 5.92 Å². The van der Waals surface area contributed by atoms with Crippen molar-refractivity contribution >= 4 is 27.7 Å². The average Bonchev–Trinajstić information content (AvgIpc) is 2.39. The Morgan fingerprint density at radius 3 is 2.44 bits per heavy atom. The van der Waals surface area contributed by atoms with Crippen molar-refractivity contribution in [3.05, 3.63) is 70.2 Å². The monoisotopic (exact) mass is 301 g/mol. The maximum atomic E-state index is 6.18. The van der Waals surface area contributed by atoms with Gasteiger partial charge in [0.2, 0.25) is 0 Å². The van der Waals surface area contributed by atoms with Crippen LogP contribution in [0.15, 0.2) is 53.5 Å². The van der Waals surface area contributed by atoms with E-state index in [1.54, 1.807) is 6.08 Å². The van der Waals surface area contributed by atoms with Gasteiger partial charge in [0.1, 0.15) is 0 Å².